The molecule has 0 bridgehead atoms. The van der Waals surface area contributed by atoms with Gasteiger partial charge in [-0.05, 0) is 62.8 Å². The van der Waals surface area contributed by atoms with Crippen molar-refractivity contribution in [3.05, 3.63) is 127 Å². The van der Waals surface area contributed by atoms with E-state index in [9.17, 15) is 9.59 Å². The van der Waals surface area contributed by atoms with Gasteiger partial charge >= 0.3 is 11.4 Å². The van der Waals surface area contributed by atoms with Gasteiger partial charge in [0.15, 0.2) is 22.7 Å². The van der Waals surface area contributed by atoms with Gasteiger partial charge in [-0.3, -0.25) is 18.3 Å². The Hall–Kier alpha value is -6.22. The van der Waals surface area contributed by atoms with Crippen molar-refractivity contribution in [3.63, 3.8) is 0 Å². The molecule has 0 unspecified atom stereocenters. The van der Waals surface area contributed by atoms with Crippen LogP contribution in [0.25, 0.3) is 32.0 Å². The normalized spacial score (nSPS) is 16.8. The zero-order chi connectivity index (χ0) is 39.7. The van der Waals surface area contributed by atoms with Crippen LogP contribution in [0.15, 0.2) is 70.3 Å². The van der Waals surface area contributed by atoms with Crippen LogP contribution < -0.4 is 32.6 Å². The Morgan fingerprint density at radius 3 is 1.44 bits per heavy atom. The molecule has 2 aliphatic rings. The van der Waals surface area contributed by atoms with Gasteiger partial charge in [-0.25, -0.2) is 29.2 Å². The Labute approximate surface area is 333 Å². The summed E-state index contributed by atoms with van der Waals surface area (Å²) >= 11 is 0. The Kier molecular flexibility index (Phi) is 12.0. The van der Waals surface area contributed by atoms with E-state index in [1.54, 1.807) is 44.5 Å². The molecule has 8 rings (SSSR count). The second-order valence-electron chi connectivity index (χ2n) is 14.9. The topological polar surface area (TPSA) is 147 Å². The number of hydrogen-bond acceptors (Lipinski definition) is 8. The number of nitrogens with two attached hydrogens (primary N) is 2. The van der Waals surface area contributed by atoms with Crippen molar-refractivity contribution in [2.45, 2.75) is 72.1 Å². The maximum Gasteiger partial charge on any atom is 0.330 e. The Bertz CT molecular complexity index is 2450. The number of piperidine rings is 2. The number of rotatable bonds is 6. The quantitative estimate of drug-likeness (QED) is 0.203. The van der Waals surface area contributed by atoms with E-state index in [-0.39, 0.29) is 30.9 Å². The highest BCUT2D eigenvalue weighted by Gasteiger charge is 2.26. The van der Waals surface area contributed by atoms with Crippen molar-refractivity contribution in [2.24, 2.45) is 25.6 Å². The van der Waals surface area contributed by atoms with Crippen LogP contribution in [-0.4, -0.2) is 66.5 Å². The van der Waals surface area contributed by atoms with Crippen LogP contribution in [0.5, 0.6) is 0 Å². The number of hydrogen-bond donors (Lipinski definition) is 2. The van der Waals surface area contributed by atoms with E-state index in [1.807, 2.05) is 62.4 Å². The third-order valence-electron chi connectivity index (χ3n) is 10.9. The highest BCUT2D eigenvalue weighted by molar-refractivity contribution is 5.88. The summed E-state index contributed by atoms with van der Waals surface area (Å²) in [6.07, 6.45) is 4.09. The summed E-state index contributed by atoms with van der Waals surface area (Å²) in [5.74, 6) is 0. The first-order valence-electron chi connectivity index (χ1n) is 19.0. The van der Waals surface area contributed by atoms with Crippen molar-refractivity contribution in [1.29, 1.82) is 0 Å². The zero-order valence-corrected chi connectivity index (χ0v) is 32.4. The zero-order valence-electron chi connectivity index (χ0n) is 32.4. The van der Waals surface area contributed by atoms with E-state index < -0.39 is 0 Å². The van der Waals surface area contributed by atoms with Gasteiger partial charge in [-0.1, -0.05) is 56.0 Å². The molecule has 0 saturated carbocycles. The average Bonchev–Trinajstić information content (AvgIpc) is 3.57. The number of aryl methyl sites for hydroxylation is 4. The minimum atomic E-state index is -0.129. The fourth-order valence-corrected chi connectivity index (χ4v) is 8.07. The molecule has 2 aromatic carbocycles. The molecule has 4 aromatic heterocycles. The molecule has 0 amide bonds. The second-order valence-corrected chi connectivity index (χ2v) is 14.9. The van der Waals surface area contributed by atoms with Crippen LogP contribution in [-0.2, 0) is 27.2 Å². The predicted molar refractivity (Wildman–Crippen MR) is 229 cm³/mol. The summed E-state index contributed by atoms with van der Waals surface area (Å²) in [5.41, 5.74) is 21.6. The second kappa shape index (κ2) is 16.9. The Morgan fingerprint density at radius 1 is 0.684 bits per heavy atom. The number of imidazole rings is 2. The summed E-state index contributed by atoms with van der Waals surface area (Å²) in [6, 6.07) is 19.2. The van der Waals surface area contributed by atoms with Gasteiger partial charge in [0.1, 0.15) is 11.0 Å². The smallest absolute Gasteiger partial charge is 0.330 e. The number of anilines is 2. The summed E-state index contributed by atoms with van der Waals surface area (Å²) in [6.45, 7) is 22.8. The summed E-state index contributed by atoms with van der Waals surface area (Å²) in [7, 11) is 3.50. The average molecular weight is 769 g/mol. The van der Waals surface area contributed by atoms with Crippen LogP contribution in [0.1, 0.15) is 55.6 Å². The van der Waals surface area contributed by atoms with Crippen molar-refractivity contribution >= 4 is 45.1 Å². The van der Waals surface area contributed by atoms with Gasteiger partial charge < -0.3 is 21.3 Å². The molecule has 6 aromatic rings. The number of nitrogens with zero attached hydrogens (tertiary/aromatic N) is 10. The van der Waals surface area contributed by atoms with Crippen molar-refractivity contribution < 1.29 is 0 Å². The maximum absolute atomic E-state index is 13.1. The fraction of sp³-hybridized carbons (Fsp3) is 0.395. The molecule has 2 saturated heterocycles. The lowest BCUT2D eigenvalue weighted by Crippen LogP contribution is -2.43. The van der Waals surface area contributed by atoms with Crippen molar-refractivity contribution in [3.8, 4) is 0 Å². The monoisotopic (exact) mass is 768 g/mol. The number of benzene rings is 2. The largest absolute Gasteiger partial charge is 0.368 e. The molecule has 4 N–H and O–H groups in total. The van der Waals surface area contributed by atoms with E-state index in [1.165, 1.54) is 0 Å². The van der Waals surface area contributed by atoms with E-state index in [0.717, 1.165) is 96.8 Å². The standard InChI is InChI=1S/2C21H24N6O.CH4/c2*1-14-11-18(26-10-6-8-16(22)13-26)19-20(24-14)25(3)21(28)27(19)12-15-7-4-5-9-17(15)23-2;/h2*4-5,7,9,11,16H,6,8,10,12-13,22H2,1,3H3;1H4/t2*16-;/m11./s1. The molecule has 14 nitrogen and oxygen atoms in total. The molecule has 2 aliphatic heterocycles. The van der Waals surface area contributed by atoms with E-state index in [4.69, 9.17) is 24.6 Å². The number of fused-ring (bicyclic) bond motifs is 2. The van der Waals surface area contributed by atoms with E-state index in [0.29, 0.717) is 35.8 Å². The molecule has 0 aliphatic carbocycles. The summed E-state index contributed by atoms with van der Waals surface area (Å²) < 4.78 is 6.66. The molecular formula is C43H52N12O2. The molecule has 296 valence electrons. The number of pyridine rings is 2. The third-order valence-corrected chi connectivity index (χ3v) is 10.9. The molecule has 0 radical (unpaired) electrons. The molecule has 57 heavy (non-hydrogen) atoms. The van der Waals surface area contributed by atoms with E-state index >= 15 is 0 Å². The van der Waals surface area contributed by atoms with Gasteiger partial charge in [0.05, 0.1) is 24.5 Å². The first-order chi connectivity index (χ1) is 27.0. The van der Waals surface area contributed by atoms with Crippen LogP contribution in [0, 0.1) is 27.0 Å². The first kappa shape index (κ1) is 40.4. The van der Waals surface area contributed by atoms with Gasteiger partial charge in [0.25, 0.3) is 0 Å². The Morgan fingerprint density at radius 2 is 1.07 bits per heavy atom. The van der Waals surface area contributed by atoms with Crippen LogP contribution in [0.4, 0.5) is 22.7 Å². The molecule has 2 fully saturated rings. The fourth-order valence-electron chi connectivity index (χ4n) is 8.07. The minimum absolute atomic E-state index is 0. The van der Waals surface area contributed by atoms with Gasteiger partial charge in [-0.2, -0.15) is 0 Å². The molecule has 2 atom stereocenters. The summed E-state index contributed by atoms with van der Waals surface area (Å²) in [5, 5.41) is 0. The third kappa shape index (κ3) is 7.92. The van der Waals surface area contributed by atoms with Gasteiger partial charge in [0.2, 0.25) is 0 Å². The number of aromatic nitrogens is 6. The van der Waals surface area contributed by atoms with Gasteiger partial charge in [0, 0.05) is 76.8 Å². The van der Waals surface area contributed by atoms with Crippen LogP contribution in [0.3, 0.4) is 0 Å². The van der Waals surface area contributed by atoms with E-state index in [2.05, 4.69) is 29.5 Å². The summed E-state index contributed by atoms with van der Waals surface area (Å²) in [4.78, 5) is 47.2. The molecular weight excluding hydrogens is 717 g/mol. The lowest BCUT2D eigenvalue weighted by molar-refractivity contribution is 0.506. The SMILES string of the molecule is C.[C-]#[N+]c1ccccc1Cn1c(=O)n(C)c2nc(C)cc(N3CCC[C@@H](N)C3)c21.[C-]#[N+]c1ccccc1Cn1c(=O)n(C)c2nc(C)cc(N3CCC[C@@H](N)C3)c21. The van der Waals surface area contributed by atoms with Crippen molar-refractivity contribution in [1.82, 2.24) is 28.2 Å². The number of para-hydroxylation sites is 2. The van der Waals surface area contributed by atoms with Gasteiger partial charge in [-0.15, -0.1) is 0 Å². The lowest BCUT2D eigenvalue weighted by Gasteiger charge is -2.33. The molecule has 0 spiro atoms. The lowest BCUT2D eigenvalue weighted by atomic mass is 10.1. The predicted octanol–water partition coefficient (Wildman–Crippen LogP) is 5.78. The molecule has 6 heterocycles. The highest BCUT2D eigenvalue weighted by Crippen LogP contribution is 2.32. The first-order valence-corrected chi connectivity index (χ1v) is 19.0. The Balaban J connectivity index is 0.000000189. The van der Waals surface area contributed by atoms with Crippen LogP contribution >= 0.6 is 0 Å². The van der Waals surface area contributed by atoms with Crippen molar-refractivity contribution in [2.75, 3.05) is 36.0 Å². The maximum atomic E-state index is 13.1. The van der Waals surface area contributed by atoms with Crippen LogP contribution in [0.2, 0.25) is 0 Å². The molecule has 14 heteroatoms. The minimum Gasteiger partial charge on any atom is -0.368 e. The highest BCUT2D eigenvalue weighted by atomic mass is 16.2.